The molecule has 0 aromatic heterocycles. The molecule has 2 aliphatic heterocycles. The number of halogens is 2. The Morgan fingerprint density at radius 3 is 2.37 bits per heavy atom. The molecule has 2 atom stereocenters. The van der Waals surface area contributed by atoms with E-state index in [1.807, 2.05) is 11.8 Å². The first kappa shape index (κ1) is 19.6. The average molecular weight is 380 g/mol. The van der Waals surface area contributed by atoms with Gasteiger partial charge in [-0.1, -0.05) is 0 Å². The number of piperidine rings is 1. The zero-order chi connectivity index (χ0) is 19.4. The SMILES string of the molecule is CCOC(=O)N1C2CCC1CC(CCCNC(=O)c1cc(F)cc(F)c1)C2. The third-order valence-corrected chi connectivity index (χ3v) is 5.51. The van der Waals surface area contributed by atoms with E-state index in [-0.39, 0.29) is 23.7 Å². The third-order valence-electron chi connectivity index (χ3n) is 5.51. The smallest absolute Gasteiger partial charge is 0.410 e. The quantitative estimate of drug-likeness (QED) is 0.762. The Bertz CT molecular complexity index is 664. The van der Waals surface area contributed by atoms with Crippen molar-refractivity contribution in [2.45, 2.75) is 57.5 Å². The van der Waals surface area contributed by atoms with Gasteiger partial charge in [-0.05, 0) is 63.5 Å². The van der Waals surface area contributed by atoms with E-state index in [1.54, 1.807) is 0 Å². The number of amides is 2. The van der Waals surface area contributed by atoms with Gasteiger partial charge in [0.2, 0.25) is 0 Å². The molecule has 2 heterocycles. The van der Waals surface area contributed by atoms with Crippen LogP contribution in [-0.2, 0) is 4.74 Å². The van der Waals surface area contributed by atoms with Gasteiger partial charge in [0.1, 0.15) is 11.6 Å². The molecule has 2 aliphatic rings. The van der Waals surface area contributed by atoms with Crippen molar-refractivity contribution >= 4 is 12.0 Å². The highest BCUT2D eigenvalue weighted by molar-refractivity contribution is 5.94. The van der Waals surface area contributed by atoms with Crippen LogP contribution >= 0.6 is 0 Å². The largest absolute Gasteiger partial charge is 0.450 e. The first-order valence-corrected chi connectivity index (χ1v) is 9.67. The summed E-state index contributed by atoms with van der Waals surface area (Å²) in [5.41, 5.74) is -0.00621. The van der Waals surface area contributed by atoms with Crippen LogP contribution in [0, 0.1) is 17.6 Å². The monoisotopic (exact) mass is 380 g/mol. The Labute approximate surface area is 158 Å². The van der Waals surface area contributed by atoms with Gasteiger partial charge in [0.25, 0.3) is 5.91 Å². The van der Waals surface area contributed by atoms with E-state index in [0.717, 1.165) is 56.7 Å². The second kappa shape index (κ2) is 8.67. The van der Waals surface area contributed by atoms with Crippen molar-refractivity contribution in [2.75, 3.05) is 13.2 Å². The lowest BCUT2D eigenvalue weighted by atomic mass is 9.87. The van der Waals surface area contributed by atoms with Crippen LogP contribution in [0.5, 0.6) is 0 Å². The maximum absolute atomic E-state index is 13.2. The zero-order valence-corrected chi connectivity index (χ0v) is 15.5. The number of hydrogen-bond acceptors (Lipinski definition) is 3. The van der Waals surface area contributed by atoms with Gasteiger partial charge in [-0.2, -0.15) is 0 Å². The summed E-state index contributed by atoms with van der Waals surface area (Å²) >= 11 is 0. The molecule has 0 aliphatic carbocycles. The molecule has 5 nitrogen and oxygen atoms in total. The van der Waals surface area contributed by atoms with E-state index >= 15 is 0 Å². The van der Waals surface area contributed by atoms with Crippen LogP contribution in [0.2, 0.25) is 0 Å². The molecule has 0 saturated carbocycles. The molecule has 2 amide bonds. The van der Waals surface area contributed by atoms with E-state index in [2.05, 4.69) is 5.32 Å². The number of ether oxygens (including phenoxy) is 1. The summed E-state index contributed by atoms with van der Waals surface area (Å²) in [4.78, 5) is 26.0. The van der Waals surface area contributed by atoms with E-state index in [0.29, 0.717) is 19.1 Å². The molecule has 27 heavy (non-hydrogen) atoms. The van der Waals surface area contributed by atoms with Gasteiger partial charge >= 0.3 is 6.09 Å². The minimum Gasteiger partial charge on any atom is -0.450 e. The third kappa shape index (κ3) is 4.76. The van der Waals surface area contributed by atoms with Gasteiger partial charge < -0.3 is 15.0 Å². The first-order chi connectivity index (χ1) is 13.0. The standard InChI is InChI=1S/C20H26F2N2O3/c1-2-27-20(26)24-17-5-6-18(24)9-13(8-17)4-3-7-23-19(25)14-10-15(21)12-16(22)11-14/h10-13,17-18H,2-9H2,1H3,(H,23,25). The average Bonchev–Trinajstić information content (AvgIpc) is 2.88. The molecule has 1 aromatic rings. The van der Waals surface area contributed by atoms with Crippen molar-refractivity contribution in [3.8, 4) is 0 Å². The van der Waals surface area contributed by atoms with Crippen LogP contribution in [0.4, 0.5) is 13.6 Å². The number of carbonyl (C=O) groups excluding carboxylic acids is 2. The highest BCUT2D eigenvalue weighted by Gasteiger charge is 2.43. The molecule has 3 rings (SSSR count). The Hall–Kier alpha value is -2.18. The predicted octanol–water partition coefficient (Wildman–Crippen LogP) is 3.87. The fourth-order valence-corrected chi connectivity index (χ4v) is 4.40. The summed E-state index contributed by atoms with van der Waals surface area (Å²) in [6, 6.07) is 3.33. The predicted molar refractivity (Wildman–Crippen MR) is 96.3 cm³/mol. The van der Waals surface area contributed by atoms with Crippen LogP contribution in [0.15, 0.2) is 18.2 Å². The topological polar surface area (TPSA) is 58.6 Å². The van der Waals surface area contributed by atoms with Crippen LogP contribution in [0.25, 0.3) is 0 Å². The Kier molecular flexibility index (Phi) is 6.29. The summed E-state index contributed by atoms with van der Waals surface area (Å²) in [6.45, 7) is 2.68. The van der Waals surface area contributed by atoms with E-state index in [9.17, 15) is 18.4 Å². The molecule has 1 aromatic carbocycles. The van der Waals surface area contributed by atoms with Gasteiger partial charge in [0.05, 0.1) is 6.61 Å². The molecule has 148 valence electrons. The molecule has 2 bridgehead atoms. The number of fused-ring (bicyclic) bond motifs is 2. The summed E-state index contributed by atoms with van der Waals surface area (Å²) < 4.78 is 31.5. The van der Waals surface area contributed by atoms with Crippen LogP contribution in [0.3, 0.4) is 0 Å². The first-order valence-electron chi connectivity index (χ1n) is 9.67. The van der Waals surface area contributed by atoms with Crippen molar-refractivity contribution in [1.82, 2.24) is 10.2 Å². The molecular weight excluding hydrogens is 354 g/mol. The molecule has 2 fully saturated rings. The Balaban J connectivity index is 1.42. The van der Waals surface area contributed by atoms with Gasteiger partial charge in [-0.25, -0.2) is 13.6 Å². The fourth-order valence-electron chi connectivity index (χ4n) is 4.40. The minimum atomic E-state index is -0.760. The minimum absolute atomic E-state index is 0.00621. The number of carbonyl (C=O) groups is 2. The lowest BCUT2D eigenvalue weighted by molar-refractivity contribution is 0.0588. The maximum Gasteiger partial charge on any atom is 0.410 e. The van der Waals surface area contributed by atoms with Crippen molar-refractivity contribution in [3.05, 3.63) is 35.4 Å². The maximum atomic E-state index is 13.2. The van der Waals surface area contributed by atoms with Crippen molar-refractivity contribution in [1.29, 1.82) is 0 Å². The van der Waals surface area contributed by atoms with E-state index < -0.39 is 17.5 Å². The Morgan fingerprint density at radius 2 is 1.78 bits per heavy atom. The number of nitrogens with zero attached hydrogens (tertiary/aromatic N) is 1. The highest BCUT2D eigenvalue weighted by Crippen LogP contribution is 2.40. The van der Waals surface area contributed by atoms with Crippen molar-refractivity contribution in [3.63, 3.8) is 0 Å². The van der Waals surface area contributed by atoms with Gasteiger partial charge in [0.15, 0.2) is 0 Å². The second-order valence-electron chi connectivity index (χ2n) is 7.38. The van der Waals surface area contributed by atoms with E-state index in [1.165, 1.54) is 0 Å². The molecule has 0 radical (unpaired) electrons. The summed E-state index contributed by atoms with van der Waals surface area (Å²) in [6.07, 6.45) is 5.56. The Morgan fingerprint density at radius 1 is 1.15 bits per heavy atom. The van der Waals surface area contributed by atoms with Crippen LogP contribution in [-0.4, -0.2) is 42.1 Å². The van der Waals surface area contributed by atoms with Gasteiger partial charge in [-0.15, -0.1) is 0 Å². The lowest BCUT2D eigenvalue weighted by Gasteiger charge is -2.38. The second-order valence-corrected chi connectivity index (χ2v) is 7.38. The van der Waals surface area contributed by atoms with Gasteiger partial charge in [0, 0.05) is 30.3 Å². The van der Waals surface area contributed by atoms with Crippen LogP contribution < -0.4 is 5.32 Å². The summed E-state index contributed by atoms with van der Waals surface area (Å²) in [5, 5.41) is 2.72. The molecule has 1 N–H and O–H groups in total. The summed E-state index contributed by atoms with van der Waals surface area (Å²) in [5.74, 6) is -1.46. The number of nitrogens with one attached hydrogen (secondary N) is 1. The number of rotatable bonds is 6. The number of hydrogen-bond donors (Lipinski definition) is 1. The molecule has 0 spiro atoms. The zero-order valence-electron chi connectivity index (χ0n) is 15.5. The summed E-state index contributed by atoms with van der Waals surface area (Å²) in [7, 11) is 0. The van der Waals surface area contributed by atoms with Crippen molar-refractivity contribution < 1.29 is 23.1 Å². The normalized spacial score (nSPS) is 24.0. The molecular formula is C20H26F2N2O3. The fraction of sp³-hybridized carbons (Fsp3) is 0.600. The van der Waals surface area contributed by atoms with Crippen LogP contribution in [0.1, 0.15) is 55.8 Å². The molecule has 7 heteroatoms. The molecule has 2 unspecified atom stereocenters. The lowest BCUT2D eigenvalue weighted by Crippen LogP contribution is -2.46. The van der Waals surface area contributed by atoms with E-state index in [4.69, 9.17) is 4.74 Å². The molecule has 2 saturated heterocycles. The van der Waals surface area contributed by atoms with Gasteiger partial charge in [-0.3, -0.25) is 4.79 Å². The highest BCUT2D eigenvalue weighted by atomic mass is 19.1. The van der Waals surface area contributed by atoms with Crippen molar-refractivity contribution in [2.24, 2.45) is 5.92 Å². The number of benzene rings is 1.